The van der Waals surface area contributed by atoms with E-state index in [2.05, 4.69) is 5.32 Å². The van der Waals surface area contributed by atoms with Gasteiger partial charge < -0.3 is 25.0 Å². The Morgan fingerprint density at radius 2 is 1.85 bits per heavy atom. The normalized spacial score (nSPS) is 25.5. The summed E-state index contributed by atoms with van der Waals surface area (Å²) in [6.07, 6.45) is 9.25. The summed E-state index contributed by atoms with van der Waals surface area (Å²) in [6, 6.07) is 2.88. The number of aromatic hydroxyl groups is 1. The molecular weight excluding hydrogens is 498 g/mol. The van der Waals surface area contributed by atoms with Gasteiger partial charge in [0, 0.05) is 36.1 Å². The lowest BCUT2D eigenvalue weighted by Gasteiger charge is -2.22. The molecule has 0 fully saturated rings. The van der Waals surface area contributed by atoms with Gasteiger partial charge in [0.15, 0.2) is 11.5 Å². The molecule has 2 aliphatic heterocycles. The van der Waals surface area contributed by atoms with Gasteiger partial charge in [-0.15, -0.1) is 0 Å². The van der Waals surface area contributed by atoms with Gasteiger partial charge in [0.1, 0.15) is 23.7 Å². The number of phenolic OH excluding ortho intramolecular Hbond substituents is 1. The van der Waals surface area contributed by atoms with Crippen LogP contribution < -0.4 is 10.1 Å². The van der Waals surface area contributed by atoms with E-state index in [0.717, 1.165) is 12.0 Å². The Morgan fingerprint density at radius 3 is 2.54 bits per heavy atom. The van der Waals surface area contributed by atoms with E-state index in [9.17, 15) is 24.6 Å². The first kappa shape index (κ1) is 29.6. The van der Waals surface area contributed by atoms with Crippen LogP contribution in [0.5, 0.6) is 11.5 Å². The minimum atomic E-state index is -1.08. The Bertz CT molecular complexity index is 1280. The second kappa shape index (κ2) is 13.2. The molecule has 8 nitrogen and oxygen atoms in total. The maximum Gasteiger partial charge on any atom is 0.334 e. The average Bonchev–Trinajstić information content (AvgIpc) is 2.86. The number of hydrogen-bond acceptors (Lipinski definition) is 7. The van der Waals surface area contributed by atoms with Crippen LogP contribution in [0.1, 0.15) is 65.9 Å². The number of amides is 1. The van der Waals surface area contributed by atoms with Crippen LogP contribution in [0.25, 0.3) is 6.08 Å². The van der Waals surface area contributed by atoms with Gasteiger partial charge in [0.2, 0.25) is 5.91 Å². The zero-order chi connectivity index (χ0) is 28.7. The Labute approximate surface area is 229 Å². The van der Waals surface area contributed by atoms with Crippen molar-refractivity contribution in [3.63, 3.8) is 0 Å². The van der Waals surface area contributed by atoms with Crippen LogP contribution in [-0.4, -0.2) is 40.1 Å². The molecule has 39 heavy (non-hydrogen) atoms. The fourth-order valence-corrected chi connectivity index (χ4v) is 4.23. The number of cyclic esters (lactones) is 1. The van der Waals surface area contributed by atoms with Gasteiger partial charge in [0.25, 0.3) is 0 Å². The number of benzene rings is 1. The fraction of sp³-hybridized carbons (Fsp3) is 0.387. The highest BCUT2D eigenvalue weighted by Gasteiger charge is 2.23. The Balaban J connectivity index is 2.00. The van der Waals surface area contributed by atoms with Crippen LogP contribution in [-0.2, 0) is 19.1 Å². The summed E-state index contributed by atoms with van der Waals surface area (Å²) in [7, 11) is 0. The Hall–Kier alpha value is -3.91. The molecule has 8 heteroatoms. The number of carbonyl (C=O) groups is 3. The number of ether oxygens (including phenoxy) is 2. The van der Waals surface area contributed by atoms with Gasteiger partial charge in [0.05, 0.1) is 5.69 Å². The summed E-state index contributed by atoms with van der Waals surface area (Å²) in [4.78, 5) is 38.4. The SMILES string of the molecule is CC[C@H]1C=C[C@H](O)[C@H](C=C(C)C)OC(=O)/C(C)=C/CC(=O)Nc2cc(O)cc3c2O/C(=C\C(=O)CC1)C(C)=C3. The van der Waals surface area contributed by atoms with Crippen LogP contribution >= 0.6 is 0 Å². The van der Waals surface area contributed by atoms with Gasteiger partial charge in [-0.25, -0.2) is 4.79 Å². The summed E-state index contributed by atoms with van der Waals surface area (Å²) in [6.45, 7) is 9.03. The van der Waals surface area contributed by atoms with Gasteiger partial charge in [-0.3, -0.25) is 9.59 Å². The number of fused-ring (bicyclic) bond motifs is 1. The number of anilines is 1. The zero-order valence-corrected chi connectivity index (χ0v) is 23.1. The van der Waals surface area contributed by atoms with E-state index < -0.39 is 24.1 Å². The standard InChI is InChI=1S/C31H37NO7/c1-6-21-8-10-23(33)17-27-20(5)14-22-15-24(34)16-25(30(22)38-27)32-29(36)12-7-19(4)31(37)39-28(13-18(2)3)26(35)11-9-21/h7,9,11,13-17,21,26,28,34-35H,6,8,10,12H2,1-5H3,(H,32,36)/b11-9?,19-7+,27-17-/t21-,26+,28+/m1/s1. The van der Waals surface area contributed by atoms with Crippen LogP contribution in [0, 0.1) is 5.92 Å². The molecule has 3 atom stereocenters. The lowest BCUT2D eigenvalue weighted by molar-refractivity contribution is -0.145. The van der Waals surface area contributed by atoms with Crippen molar-refractivity contribution < 1.29 is 34.1 Å². The first-order chi connectivity index (χ1) is 18.5. The number of ketones is 1. The van der Waals surface area contributed by atoms with Crippen molar-refractivity contribution in [1.82, 2.24) is 0 Å². The van der Waals surface area contributed by atoms with Gasteiger partial charge in [-0.05, 0) is 70.2 Å². The molecule has 2 heterocycles. The summed E-state index contributed by atoms with van der Waals surface area (Å²) < 4.78 is 11.6. The number of carbonyl (C=O) groups excluding carboxylic acids is 3. The maximum atomic E-state index is 12.8. The zero-order valence-electron chi connectivity index (χ0n) is 23.1. The highest BCUT2D eigenvalue weighted by Crippen LogP contribution is 2.40. The molecule has 208 valence electrons. The molecule has 2 bridgehead atoms. The second-order valence-corrected chi connectivity index (χ2v) is 10.2. The molecule has 0 aliphatic carbocycles. The maximum absolute atomic E-state index is 12.8. The van der Waals surface area contributed by atoms with Crippen molar-refractivity contribution >= 4 is 29.4 Å². The number of phenols is 1. The molecule has 0 spiro atoms. The first-order valence-corrected chi connectivity index (χ1v) is 13.1. The quantitative estimate of drug-likeness (QED) is 0.336. The lowest BCUT2D eigenvalue weighted by atomic mass is 9.96. The lowest BCUT2D eigenvalue weighted by Crippen LogP contribution is -2.29. The number of aliphatic hydroxyl groups excluding tert-OH is 1. The summed E-state index contributed by atoms with van der Waals surface area (Å²) in [5, 5.41) is 23.7. The highest BCUT2D eigenvalue weighted by molar-refractivity contribution is 5.97. The van der Waals surface area contributed by atoms with E-state index >= 15 is 0 Å². The van der Waals surface area contributed by atoms with Crippen LogP contribution in [0.2, 0.25) is 0 Å². The molecule has 1 aromatic rings. The van der Waals surface area contributed by atoms with E-state index in [0.29, 0.717) is 29.1 Å². The van der Waals surface area contributed by atoms with Crippen molar-refractivity contribution in [2.45, 2.75) is 72.5 Å². The van der Waals surface area contributed by atoms with Crippen molar-refractivity contribution in [1.29, 1.82) is 0 Å². The molecule has 2 aliphatic rings. The van der Waals surface area contributed by atoms with Crippen molar-refractivity contribution in [2.24, 2.45) is 5.92 Å². The molecule has 0 saturated carbocycles. The van der Waals surface area contributed by atoms with Crippen molar-refractivity contribution in [3.05, 3.63) is 70.6 Å². The number of rotatable bonds is 2. The summed E-state index contributed by atoms with van der Waals surface area (Å²) >= 11 is 0. The van der Waals surface area contributed by atoms with Gasteiger partial charge >= 0.3 is 5.97 Å². The van der Waals surface area contributed by atoms with Crippen LogP contribution in [0.3, 0.4) is 0 Å². The third kappa shape index (κ3) is 8.29. The minimum Gasteiger partial charge on any atom is -0.508 e. The largest absolute Gasteiger partial charge is 0.508 e. The molecule has 1 amide bonds. The molecule has 3 rings (SSSR count). The third-order valence-corrected chi connectivity index (χ3v) is 6.50. The van der Waals surface area contributed by atoms with E-state index in [1.165, 1.54) is 31.2 Å². The van der Waals surface area contributed by atoms with Crippen LogP contribution in [0.4, 0.5) is 5.69 Å². The summed E-state index contributed by atoms with van der Waals surface area (Å²) in [5.41, 5.74) is 2.59. The van der Waals surface area contributed by atoms with E-state index in [1.54, 1.807) is 25.2 Å². The van der Waals surface area contributed by atoms with Crippen molar-refractivity contribution in [3.8, 4) is 11.5 Å². The molecular formula is C31H37NO7. The van der Waals surface area contributed by atoms with E-state index in [-0.39, 0.29) is 41.6 Å². The molecule has 3 N–H and O–H groups in total. The Morgan fingerprint density at radius 1 is 1.10 bits per heavy atom. The van der Waals surface area contributed by atoms with Gasteiger partial charge in [-0.1, -0.05) is 30.7 Å². The fourth-order valence-electron chi connectivity index (χ4n) is 4.23. The number of aliphatic hydroxyl groups is 1. The van der Waals surface area contributed by atoms with Gasteiger partial charge in [-0.2, -0.15) is 0 Å². The smallest absolute Gasteiger partial charge is 0.334 e. The molecule has 0 unspecified atom stereocenters. The number of nitrogens with one attached hydrogen (secondary N) is 1. The topological polar surface area (TPSA) is 122 Å². The Kier molecular flexibility index (Phi) is 10.1. The van der Waals surface area contributed by atoms with Crippen molar-refractivity contribution in [2.75, 3.05) is 5.32 Å². The molecule has 0 radical (unpaired) electrons. The average molecular weight is 536 g/mol. The summed E-state index contributed by atoms with van der Waals surface area (Å²) in [5.74, 6) is -0.574. The van der Waals surface area contributed by atoms with E-state index in [4.69, 9.17) is 9.47 Å². The second-order valence-electron chi connectivity index (χ2n) is 10.2. The first-order valence-electron chi connectivity index (χ1n) is 13.1. The number of allylic oxidation sites excluding steroid dienone is 4. The number of esters is 1. The monoisotopic (exact) mass is 535 g/mol. The predicted octanol–water partition coefficient (Wildman–Crippen LogP) is 5.53. The predicted molar refractivity (Wildman–Crippen MR) is 150 cm³/mol. The van der Waals surface area contributed by atoms with Crippen LogP contribution in [0.15, 0.2) is 65.0 Å². The third-order valence-electron chi connectivity index (χ3n) is 6.50. The minimum absolute atomic E-state index is 0.0340. The molecule has 1 aromatic carbocycles. The molecule has 0 aromatic heterocycles. The van der Waals surface area contributed by atoms with E-state index in [1.807, 2.05) is 26.8 Å². The molecule has 0 saturated heterocycles. The number of hydrogen-bond donors (Lipinski definition) is 3. The highest BCUT2D eigenvalue weighted by atomic mass is 16.6.